The Kier molecular flexibility index (Phi) is 25.3. The molecule has 0 radical (unpaired) electrons. The van der Waals surface area contributed by atoms with Gasteiger partial charge in [-0.2, -0.15) is 4.98 Å². The first-order chi connectivity index (χ1) is 45.6. The van der Waals surface area contributed by atoms with Gasteiger partial charge in [0.1, 0.15) is 18.0 Å². The molecule has 6 aromatic rings. The number of nitrogens with two attached hydrogens (primary N) is 1. The molecule has 8 fully saturated rings. The summed E-state index contributed by atoms with van der Waals surface area (Å²) >= 11 is 3.22. The van der Waals surface area contributed by atoms with Crippen LogP contribution in [0.1, 0.15) is 49.9 Å². The van der Waals surface area contributed by atoms with Crippen LogP contribution in [0.4, 0.5) is 54.5 Å². The van der Waals surface area contributed by atoms with Crippen molar-refractivity contribution in [3.63, 3.8) is 0 Å². The van der Waals surface area contributed by atoms with Gasteiger partial charge in [-0.1, -0.05) is 43.6 Å². The fraction of sp³-hybridized carbons (Fsp3) is 0.529. The van der Waals surface area contributed by atoms with E-state index in [1.165, 1.54) is 64.8 Å². The molecule has 26 heteroatoms. The summed E-state index contributed by atoms with van der Waals surface area (Å²) in [7, 11) is 0. The van der Waals surface area contributed by atoms with Crippen LogP contribution in [-0.4, -0.2) is 226 Å². The minimum Gasteiger partial charge on any atom is -0.399 e. The molecule has 8 aliphatic heterocycles. The molecule has 8 saturated heterocycles. The molecule has 14 rings (SSSR count). The van der Waals surface area contributed by atoms with Gasteiger partial charge < -0.3 is 50.0 Å². The Labute approximate surface area is 558 Å². The average molecular weight is 1370 g/mol. The number of nitrogens with one attached hydrogen (secondary N) is 2. The van der Waals surface area contributed by atoms with Gasteiger partial charge in [-0.15, -0.1) is 5.10 Å². The lowest BCUT2D eigenvalue weighted by Crippen LogP contribution is -2.56. The lowest BCUT2D eigenvalue weighted by atomic mass is 10.1. The van der Waals surface area contributed by atoms with Gasteiger partial charge in [0.2, 0.25) is 5.95 Å². The highest BCUT2D eigenvalue weighted by Gasteiger charge is 2.32. The number of halogens is 3. The van der Waals surface area contributed by atoms with Gasteiger partial charge in [0.25, 0.3) is 11.4 Å². The Bertz CT molecular complexity index is 3400. The van der Waals surface area contributed by atoms with Gasteiger partial charge in [0.15, 0.2) is 0 Å². The van der Waals surface area contributed by atoms with E-state index in [2.05, 4.69) is 127 Å². The summed E-state index contributed by atoms with van der Waals surface area (Å²) in [5.41, 5.74) is 16.3. The molecule has 9 heterocycles. The molecule has 0 bridgehead atoms. The number of benzene rings is 5. The third kappa shape index (κ3) is 19.4. The number of nitro groups is 2. The summed E-state index contributed by atoms with van der Waals surface area (Å²) in [5.74, 6) is -0.950. The monoisotopic (exact) mass is 1360 g/mol. The molecule has 0 spiro atoms. The van der Waals surface area contributed by atoms with E-state index in [0.717, 1.165) is 215 Å². The highest BCUT2D eigenvalue weighted by atomic mass is 79.9. The van der Waals surface area contributed by atoms with E-state index in [1.54, 1.807) is 18.2 Å². The number of rotatable bonds is 16. The van der Waals surface area contributed by atoms with Gasteiger partial charge in [0.05, 0.1) is 92.6 Å². The van der Waals surface area contributed by atoms with Gasteiger partial charge in [0, 0.05) is 168 Å². The zero-order valence-electron chi connectivity index (χ0n) is 54.7. The van der Waals surface area contributed by atoms with Crippen molar-refractivity contribution in [2.24, 2.45) is 0 Å². The number of hydrogen-bond donors (Lipinski definition) is 3. The van der Waals surface area contributed by atoms with Crippen molar-refractivity contribution in [1.29, 1.82) is 0 Å². The van der Waals surface area contributed by atoms with Crippen LogP contribution >= 0.6 is 15.9 Å². The maximum Gasteiger partial charge on any atom is 0.271 e. The van der Waals surface area contributed by atoms with Gasteiger partial charge in [-0.3, -0.25) is 39.8 Å². The number of hydrogen-bond acceptors (Lipinski definition) is 20. The molecule has 5 aromatic carbocycles. The standard InChI is InChI=1S/C23H26F2N6O.C15H21N3O3.C15H23N3O.C8H8BrNO2.C7H14N2O/c1-2-16-7-19(12-20(8-16)29-3-5-30(6-4-29)22-13-32-14-22)27-23-26-15-31(28-23)21-10-17(24)9-18(25)11-21;1-2-12-7-13(9-14(8-12)18(19)20)16-3-5-17(6-4-16)15-10-21-11-15;1-2-12-7-13(16)9-14(8-12)17-3-5-18(6-4-17)15-10-19-11-15;1-2-6-3-7(9)5-8(4-6)10(11)12;1-3-9(4-2-8-1)7-5-10-6-7/h7-12,15,22H,2-6,13-14H2,1H3,(H,27,28);7-9,15H,2-6,10-11H2,1H3;7-9,15H,2-6,10-11,16H2,1H3;3-5H,2H2,1H3;7-8H,1-6H2. The molecule has 0 aliphatic carbocycles. The van der Waals surface area contributed by atoms with Crippen molar-refractivity contribution < 1.29 is 37.6 Å². The lowest BCUT2D eigenvalue weighted by Gasteiger charge is -2.43. The van der Waals surface area contributed by atoms with E-state index in [4.69, 9.17) is 24.7 Å². The van der Waals surface area contributed by atoms with Crippen LogP contribution in [-0.2, 0) is 44.6 Å². The number of nitrogen functional groups attached to an aromatic ring is 1. The van der Waals surface area contributed by atoms with Crippen LogP contribution in [0.15, 0.2) is 102 Å². The lowest BCUT2D eigenvalue weighted by molar-refractivity contribution is -0.385. The van der Waals surface area contributed by atoms with Crippen molar-refractivity contribution in [1.82, 2.24) is 39.7 Å². The van der Waals surface area contributed by atoms with Crippen molar-refractivity contribution in [3.05, 3.63) is 156 Å². The summed E-state index contributed by atoms with van der Waals surface area (Å²) < 4.78 is 50.1. The number of aromatic nitrogens is 3. The van der Waals surface area contributed by atoms with Gasteiger partial charge in [-0.05, 0) is 109 Å². The maximum absolute atomic E-state index is 13.5. The van der Waals surface area contributed by atoms with E-state index >= 15 is 0 Å². The second-order valence-electron chi connectivity index (χ2n) is 24.8. The summed E-state index contributed by atoms with van der Waals surface area (Å²) in [5, 5.41) is 32.4. The Morgan fingerprint density at radius 2 is 0.894 bits per heavy atom. The highest BCUT2D eigenvalue weighted by Crippen LogP contribution is 2.30. The van der Waals surface area contributed by atoms with Crippen LogP contribution in [0.25, 0.3) is 5.69 Å². The number of non-ortho nitro benzene ring substituents is 2. The molecule has 0 unspecified atom stereocenters. The molecule has 0 atom stereocenters. The Balaban J connectivity index is 0.000000136. The van der Waals surface area contributed by atoms with E-state index in [9.17, 15) is 29.0 Å². The van der Waals surface area contributed by atoms with Crippen LogP contribution in [0.2, 0.25) is 0 Å². The number of nitrogens with zero attached hydrogens (tertiary/aromatic N) is 12. The first kappa shape index (κ1) is 69.8. The zero-order valence-corrected chi connectivity index (χ0v) is 56.3. The number of nitro benzene ring substituents is 2. The molecule has 23 nitrogen and oxygen atoms in total. The molecule has 8 aliphatic rings. The SMILES string of the molecule is C1CN(C2COC2)CCN1.CCc1cc(Br)cc([N+](=O)[O-])c1.CCc1cc(N)cc(N2CCN(C3COC3)CC2)c1.CCc1cc(N2CCN(C3COC3)CC2)cc([N+](=O)[O-])c1.CCc1cc(Nc2ncn(-c3cc(F)cc(F)c3)n2)cc(N2CCN(C3COC3)CC2)c1. The smallest absolute Gasteiger partial charge is 0.271 e. The second kappa shape index (κ2) is 34.1. The second-order valence-corrected chi connectivity index (χ2v) is 25.7. The quantitative estimate of drug-likeness (QED) is 0.0468. The number of aryl methyl sites for hydroxylation is 4. The summed E-state index contributed by atoms with van der Waals surface area (Å²) in [6.07, 6.45) is 5.00. The van der Waals surface area contributed by atoms with E-state index in [0.29, 0.717) is 24.1 Å². The zero-order chi connectivity index (χ0) is 66.1. The van der Waals surface area contributed by atoms with E-state index in [-0.39, 0.29) is 26.9 Å². The third-order valence-electron chi connectivity index (χ3n) is 18.5. The minimum atomic E-state index is -0.657. The molecule has 4 N–H and O–H groups in total. The maximum atomic E-state index is 13.5. The molecule has 94 heavy (non-hydrogen) atoms. The number of anilines is 6. The molecular formula is C68H92BrF2N15O8. The Hall–Kier alpha value is -6.98. The largest absolute Gasteiger partial charge is 0.399 e. The predicted octanol–water partition coefficient (Wildman–Crippen LogP) is 8.61. The number of piperazine rings is 4. The molecule has 1 aromatic heterocycles. The predicted molar refractivity (Wildman–Crippen MR) is 367 cm³/mol. The fourth-order valence-corrected chi connectivity index (χ4v) is 12.9. The van der Waals surface area contributed by atoms with Crippen LogP contribution in [0, 0.1) is 31.9 Å². The average Bonchev–Trinajstić information content (AvgIpc) is 1.06. The van der Waals surface area contributed by atoms with Gasteiger partial charge >= 0.3 is 0 Å². The first-order valence-corrected chi connectivity index (χ1v) is 34.0. The summed E-state index contributed by atoms with van der Waals surface area (Å²) in [6.45, 7) is 32.4. The van der Waals surface area contributed by atoms with Crippen LogP contribution < -0.4 is 31.1 Å². The van der Waals surface area contributed by atoms with Crippen molar-refractivity contribution in [3.8, 4) is 5.69 Å². The minimum absolute atomic E-state index is 0.140. The number of ether oxygens (including phenoxy) is 4. The van der Waals surface area contributed by atoms with E-state index < -0.39 is 11.6 Å². The van der Waals surface area contributed by atoms with Crippen LogP contribution in [0.5, 0.6) is 0 Å². The topological polar surface area (TPSA) is 227 Å². The van der Waals surface area contributed by atoms with Crippen molar-refractivity contribution >= 4 is 61.7 Å². The van der Waals surface area contributed by atoms with Crippen molar-refractivity contribution in [2.75, 3.05) is 183 Å². The Morgan fingerprint density at radius 1 is 0.500 bits per heavy atom. The van der Waals surface area contributed by atoms with E-state index in [1.807, 2.05) is 19.9 Å². The summed E-state index contributed by atoms with van der Waals surface area (Å²) in [4.78, 5) is 42.2. The van der Waals surface area contributed by atoms with Crippen LogP contribution in [0.3, 0.4) is 0 Å². The first-order valence-electron chi connectivity index (χ1n) is 33.2. The third-order valence-corrected chi connectivity index (χ3v) is 19.0. The molecule has 508 valence electrons. The normalized spacial score (nSPS) is 19.2. The van der Waals surface area contributed by atoms with Crippen molar-refractivity contribution in [2.45, 2.75) is 77.5 Å². The highest BCUT2D eigenvalue weighted by molar-refractivity contribution is 9.10. The van der Waals surface area contributed by atoms with Gasteiger partial charge in [-0.25, -0.2) is 13.5 Å². The molecule has 0 amide bonds. The molecular weight excluding hydrogens is 1270 g/mol. The molecule has 0 saturated carbocycles. The summed E-state index contributed by atoms with van der Waals surface area (Å²) in [6, 6.07) is 29.1. The Morgan fingerprint density at radius 3 is 1.32 bits per heavy atom. The fourth-order valence-electron chi connectivity index (χ4n) is 12.4.